The highest BCUT2D eigenvalue weighted by atomic mass is 15.2. The van der Waals surface area contributed by atoms with E-state index in [1.807, 2.05) is 19.3 Å². The molecule has 1 atom stereocenters. The number of piperidine rings is 1. The van der Waals surface area contributed by atoms with Crippen molar-refractivity contribution in [1.29, 1.82) is 0 Å². The zero-order chi connectivity index (χ0) is 13.1. The molecule has 3 rings (SSSR count). The molecule has 1 aliphatic rings. The van der Waals surface area contributed by atoms with Gasteiger partial charge in [-0.25, -0.2) is 9.97 Å². The topological polar surface area (TPSA) is 41.9 Å². The predicted molar refractivity (Wildman–Crippen MR) is 75.2 cm³/mol. The molecule has 0 bridgehead atoms. The van der Waals surface area contributed by atoms with E-state index in [0.717, 1.165) is 24.6 Å². The highest BCUT2D eigenvalue weighted by Crippen LogP contribution is 2.28. The summed E-state index contributed by atoms with van der Waals surface area (Å²) >= 11 is 0. The van der Waals surface area contributed by atoms with Gasteiger partial charge in [-0.05, 0) is 37.5 Å². The molecule has 0 saturated carbocycles. The van der Waals surface area contributed by atoms with Crippen LogP contribution in [-0.2, 0) is 0 Å². The fraction of sp³-hybridized carbons (Fsp3) is 0.400. The number of hydrogen-bond acceptors (Lipinski definition) is 4. The molecule has 98 valence electrons. The molecule has 4 nitrogen and oxygen atoms in total. The Balaban J connectivity index is 1.78. The number of pyridine rings is 1. The Morgan fingerprint density at radius 3 is 2.84 bits per heavy atom. The van der Waals surface area contributed by atoms with Crippen molar-refractivity contribution < 1.29 is 0 Å². The van der Waals surface area contributed by atoms with Crippen LogP contribution in [0.15, 0.2) is 36.9 Å². The number of aromatic nitrogens is 3. The SMILES string of the molecule is Cc1cc(N2CCC[C@H](c3ccncc3)C2)ncn1. The van der Waals surface area contributed by atoms with E-state index in [1.54, 1.807) is 6.33 Å². The number of rotatable bonds is 2. The summed E-state index contributed by atoms with van der Waals surface area (Å²) in [4.78, 5) is 15.0. The van der Waals surface area contributed by atoms with Crippen molar-refractivity contribution >= 4 is 5.82 Å². The molecule has 1 fully saturated rings. The highest BCUT2D eigenvalue weighted by molar-refractivity contribution is 5.40. The average Bonchev–Trinajstić information content (AvgIpc) is 2.48. The van der Waals surface area contributed by atoms with Gasteiger partial charge in [-0.3, -0.25) is 4.98 Å². The molecule has 0 spiro atoms. The molecule has 19 heavy (non-hydrogen) atoms. The van der Waals surface area contributed by atoms with Crippen molar-refractivity contribution in [3.8, 4) is 0 Å². The van der Waals surface area contributed by atoms with Crippen LogP contribution in [0.2, 0.25) is 0 Å². The van der Waals surface area contributed by atoms with Crippen molar-refractivity contribution in [3.05, 3.63) is 48.2 Å². The Morgan fingerprint density at radius 2 is 2.05 bits per heavy atom. The molecule has 0 amide bonds. The third-order valence-corrected chi connectivity index (χ3v) is 3.71. The third kappa shape index (κ3) is 2.72. The minimum absolute atomic E-state index is 0.576. The number of anilines is 1. The van der Waals surface area contributed by atoms with E-state index in [0.29, 0.717) is 5.92 Å². The molecule has 0 unspecified atom stereocenters. The maximum atomic E-state index is 4.39. The van der Waals surface area contributed by atoms with Crippen LogP contribution in [0.3, 0.4) is 0 Å². The Bertz CT molecular complexity index is 541. The number of aryl methyl sites for hydroxylation is 1. The molecule has 2 aromatic rings. The Morgan fingerprint density at radius 1 is 1.21 bits per heavy atom. The van der Waals surface area contributed by atoms with Gasteiger partial charge >= 0.3 is 0 Å². The van der Waals surface area contributed by atoms with Crippen molar-refractivity contribution in [2.75, 3.05) is 18.0 Å². The van der Waals surface area contributed by atoms with Gasteiger partial charge < -0.3 is 4.90 Å². The minimum atomic E-state index is 0.576. The van der Waals surface area contributed by atoms with Gasteiger partial charge in [0.2, 0.25) is 0 Å². The van der Waals surface area contributed by atoms with Crippen LogP contribution in [0.4, 0.5) is 5.82 Å². The van der Waals surface area contributed by atoms with Gasteiger partial charge in [0.1, 0.15) is 12.1 Å². The van der Waals surface area contributed by atoms with Crippen molar-refractivity contribution in [2.45, 2.75) is 25.7 Å². The van der Waals surface area contributed by atoms with E-state index < -0.39 is 0 Å². The lowest BCUT2D eigenvalue weighted by atomic mass is 9.91. The second-order valence-corrected chi connectivity index (χ2v) is 5.08. The first kappa shape index (κ1) is 12.1. The fourth-order valence-corrected chi connectivity index (χ4v) is 2.71. The quantitative estimate of drug-likeness (QED) is 0.826. The molecule has 4 heteroatoms. The smallest absolute Gasteiger partial charge is 0.132 e. The van der Waals surface area contributed by atoms with Crippen LogP contribution in [0.25, 0.3) is 0 Å². The Hall–Kier alpha value is -1.97. The average molecular weight is 254 g/mol. The molecule has 3 heterocycles. The molecule has 0 aromatic carbocycles. The largest absolute Gasteiger partial charge is 0.356 e. The summed E-state index contributed by atoms with van der Waals surface area (Å²) in [6, 6.07) is 6.31. The minimum Gasteiger partial charge on any atom is -0.356 e. The van der Waals surface area contributed by atoms with Crippen molar-refractivity contribution in [1.82, 2.24) is 15.0 Å². The van der Waals surface area contributed by atoms with E-state index in [-0.39, 0.29) is 0 Å². The monoisotopic (exact) mass is 254 g/mol. The number of nitrogens with zero attached hydrogens (tertiary/aromatic N) is 4. The summed E-state index contributed by atoms with van der Waals surface area (Å²) in [5.41, 5.74) is 2.40. The van der Waals surface area contributed by atoms with E-state index in [2.05, 4.69) is 38.1 Å². The van der Waals surface area contributed by atoms with Gasteiger partial charge in [0.05, 0.1) is 0 Å². The number of hydrogen-bond donors (Lipinski definition) is 0. The van der Waals surface area contributed by atoms with Crippen LogP contribution in [0, 0.1) is 6.92 Å². The first-order valence-electron chi connectivity index (χ1n) is 6.76. The molecule has 1 aliphatic heterocycles. The van der Waals surface area contributed by atoms with Crippen LogP contribution >= 0.6 is 0 Å². The zero-order valence-corrected chi connectivity index (χ0v) is 11.2. The highest BCUT2D eigenvalue weighted by Gasteiger charge is 2.22. The summed E-state index contributed by atoms with van der Waals surface area (Å²) in [6.07, 6.45) is 7.85. The molecule has 0 radical (unpaired) electrons. The molecule has 0 aliphatic carbocycles. The lowest BCUT2D eigenvalue weighted by molar-refractivity contribution is 0.506. The summed E-state index contributed by atoms with van der Waals surface area (Å²) in [5, 5.41) is 0. The zero-order valence-electron chi connectivity index (χ0n) is 11.2. The van der Waals surface area contributed by atoms with E-state index in [9.17, 15) is 0 Å². The maximum absolute atomic E-state index is 4.39. The van der Waals surface area contributed by atoms with Crippen LogP contribution in [0.5, 0.6) is 0 Å². The molecular formula is C15H18N4. The summed E-state index contributed by atoms with van der Waals surface area (Å²) in [7, 11) is 0. The van der Waals surface area contributed by atoms with Crippen LogP contribution < -0.4 is 4.90 Å². The third-order valence-electron chi connectivity index (χ3n) is 3.71. The van der Waals surface area contributed by atoms with Gasteiger partial charge in [0.25, 0.3) is 0 Å². The Kier molecular flexibility index (Phi) is 3.40. The second kappa shape index (κ2) is 5.34. The molecule has 1 saturated heterocycles. The summed E-state index contributed by atoms with van der Waals surface area (Å²) in [6.45, 7) is 4.12. The standard InChI is InChI=1S/C15H18N4/c1-12-9-15(18-11-17-12)19-8-2-3-14(10-19)13-4-6-16-7-5-13/h4-7,9,11,14H,2-3,8,10H2,1H3/t14-/m0/s1. The van der Waals surface area contributed by atoms with E-state index in [4.69, 9.17) is 0 Å². The first-order chi connectivity index (χ1) is 9.33. The van der Waals surface area contributed by atoms with Crippen LogP contribution in [-0.4, -0.2) is 28.0 Å². The van der Waals surface area contributed by atoms with Gasteiger partial charge in [0.15, 0.2) is 0 Å². The lowest BCUT2D eigenvalue weighted by Crippen LogP contribution is -2.35. The fourth-order valence-electron chi connectivity index (χ4n) is 2.71. The van der Waals surface area contributed by atoms with Crippen molar-refractivity contribution in [3.63, 3.8) is 0 Å². The van der Waals surface area contributed by atoms with Gasteiger partial charge in [-0.15, -0.1) is 0 Å². The predicted octanol–water partition coefficient (Wildman–Crippen LogP) is 2.56. The molecular weight excluding hydrogens is 236 g/mol. The maximum Gasteiger partial charge on any atom is 0.132 e. The van der Waals surface area contributed by atoms with E-state index >= 15 is 0 Å². The molecule has 0 N–H and O–H groups in total. The Labute approximate surface area is 113 Å². The first-order valence-corrected chi connectivity index (χ1v) is 6.76. The summed E-state index contributed by atoms with van der Waals surface area (Å²) in [5.74, 6) is 1.62. The van der Waals surface area contributed by atoms with Crippen molar-refractivity contribution in [2.24, 2.45) is 0 Å². The normalized spacial score (nSPS) is 19.4. The van der Waals surface area contributed by atoms with Gasteiger partial charge in [0, 0.05) is 43.2 Å². The van der Waals surface area contributed by atoms with Gasteiger partial charge in [-0.1, -0.05) is 0 Å². The van der Waals surface area contributed by atoms with Gasteiger partial charge in [-0.2, -0.15) is 0 Å². The van der Waals surface area contributed by atoms with Crippen LogP contribution in [0.1, 0.15) is 30.0 Å². The summed E-state index contributed by atoms with van der Waals surface area (Å²) < 4.78 is 0. The van der Waals surface area contributed by atoms with E-state index in [1.165, 1.54) is 18.4 Å². The lowest BCUT2D eigenvalue weighted by Gasteiger charge is -2.33. The molecule has 2 aromatic heterocycles. The second-order valence-electron chi connectivity index (χ2n) is 5.08.